The van der Waals surface area contributed by atoms with Gasteiger partial charge in [0.25, 0.3) is 0 Å². The lowest BCUT2D eigenvalue weighted by molar-refractivity contribution is 1.26. The Balaban J connectivity index is 2.97. The van der Waals surface area contributed by atoms with E-state index in [1.54, 1.807) is 18.2 Å². The molecule has 0 spiro atoms. The van der Waals surface area contributed by atoms with E-state index in [1.165, 1.54) is 6.20 Å². The predicted octanol–water partition coefficient (Wildman–Crippen LogP) is 1.29. The Hall–Kier alpha value is -1.06. The number of hydrogen-bond acceptors (Lipinski definition) is 3. The molecule has 12 heavy (non-hydrogen) atoms. The van der Waals surface area contributed by atoms with Crippen molar-refractivity contribution in [3.8, 4) is 0 Å². The van der Waals surface area contributed by atoms with E-state index < -0.39 is 0 Å². The van der Waals surface area contributed by atoms with Gasteiger partial charge in [-0.3, -0.25) is 0 Å². The molecule has 0 unspecified atom stereocenters. The highest BCUT2D eigenvalue weighted by Gasteiger charge is 1.96. The summed E-state index contributed by atoms with van der Waals surface area (Å²) >= 11 is 5.71. The molecule has 0 aromatic carbocycles. The highest BCUT2D eigenvalue weighted by atomic mass is 35.5. The molecule has 0 radical (unpaired) electrons. The molecule has 1 rings (SSSR count). The summed E-state index contributed by atoms with van der Waals surface area (Å²) < 4.78 is 0. The van der Waals surface area contributed by atoms with E-state index in [0.29, 0.717) is 17.4 Å². The average molecular weight is 184 g/mol. The van der Waals surface area contributed by atoms with Crippen molar-refractivity contribution >= 4 is 23.5 Å². The summed E-state index contributed by atoms with van der Waals surface area (Å²) in [5.74, 6) is 0.462. The van der Waals surface area contributed by atoms with E-state index in [2.05, 4.69) is 4.98 Å². The smallest absolute Gasteiger partial charge is 0.130 e. The minimum Gasteiger partial charge on any atom is -0.383 e. The van der Waals surface area contributed by atoms with Gasteiger partial charge in [-0.2, -0.15) is 0 Å². The molecule has 3 nitrogen and oxygen atoms in total. The van der Waals surface area contributed by atoms with Gasteiger partial charge in [0.2, 0.25) is 0 Å². The first kappa shape index (κ1) is 9.03. The second-order valence-electron chi connectivity index (χ2n) is 2.27. The Kier molecular flexibility index (Phi) is 3.08. The number of hydrogen-bond donors (Lipinski definition) is 2. The normalized spacial score (nSPS) is 10.8. The second-order valence-corrected chi connectivity index (χ2v) is 2.70. The minimum absolute atomic E-state index is 0.462. The van der Waals surface area contributed by atoms with Crippen molar-refractivity contribution in [2.24, 2.45) is 5.73 Å². The molecule has 0 aliphatic rings. The lowest BCUT2D eigenvalue weighted by Gasteiger charge is -1.98. The number of nitrogens with zero attached hydrogens (tertiary/aromatic N) is 1. The van der Waals surface area contributed by atoms with Gasteiger partial charge in [-0.25, -0.2) is 4.98 Å². The number of halogens is 1. The van der Waals surface area contributed by atoms with Crippen LogP contribution in [-0.4, -0.2) is 11.5 Å². The molecule has 0 fully saturated rings. The van der Waals surface area contributed by atoms with Crippen LogP contribution in [0.2, 0.25) is 5.02 Å². The second kappa shape index (κ2) is 4.09. The number of nitrogens with two attached hydrogens (primary N) is 2. The summed E-state index contributed by atoms with van der Waals surface area (Å²) in [6, 6.07) is 1.75. The highest BCUT2D eigenvalue weighted by molar-refractivity contribution is 6.30. The largest absolute Gasteiger partial charge is 0.383 e. The summed E-state index contributed by atoms with van der Waals surface area (Å²) in [5.41, 5.74) is 11.7. The summed E-state index contributed by atoms with van der Waals surface area (Å²) in [6.07, 6.45) is 5.11. The standard InChI is InChI=1S/C8H10ClN3/c9-7-4-6(2-1-3-10)8(11)12-5-7/h1-2,4-5H,3,10H2,(H2,11,12). The zero-order valence-electron chi connectivity index (χ0n) is 6.50. The maximum absolute atomic E-state index is 5.71. The molecule has 0 aliphatic carbocycles. The van der Waals surface area contributed by atoms with Crippen molar-refractivity contribution in [3.63, 3.8) is 0 Å². The number of rotatable bonds is 2. The Labute approximate surface area is 76.0 Å². The summed E-state index contributed by atoms with van der Waals surface area (Å²) in [5, 5.41) is 0.570. The van der Waals surface area contributed by atoms with Crippen LogP contribution >= 0.6 is 11.6 Å². The third-order valence-electron chi connectivity index (χ3n) is 1.35. The van der Waals surface area contributed by atoms with Gasteiger partial charge in [-0.1, -0.05) is 23.8 Å². The monoisotopic (exact) mass is 183 g/mol. The molecule has 0 saturated heterocycles. The molecule has 64 valence electrons. The minimum atomic E-state index is 0.462. The van der Waals surface area contributed by atoms with Gasteiger partial charge in [0.15, 0.2) is 0 Å². The van der Waals surface area contributed by atoms with E-state index in [0.717, 1.165) is 5.56 Å². The van der Waals surface area contributed by atoms with Gasteiger partial charge in [-0.05, 0) is 6.07 Å². The Morgan fingerprint density at radius 1 is 1.58 bits per heavy atom. The third kappa shape index (κ3) is 2.22. The van der Waals surface area contributed by atoms with Crippen LogP contribution in [0.25, 0.3) is 6.08 Å². The van der Waals surface area contributed by atoms with Crippen LogP contribution in [0.5, 0.6) is 0 Å². The number of nitrogen functional groups attached to an aromatic ring is 1. The average Bonchev–Trinajstić information content (AvgIpc) is 2.07. The summed E-state index contributed by atoms with van der Waals surface area (Å²) in [6.45, 7) is 0.478. The molecule has 0 amide bonds. The van der Waals surface area contributed by atoms with Crippen LogP contribution in [0, 0.1) is 0 Å². The van der Waals surface area contributed by atoms with Crippen LogP contribution in [0.15, 0.2) is 18.3 Å². The number of pyridine rings is 1. The van der Waals surface area contributed by atoms with Crippen LogP contribution in [0.1, 0.15) is 5.56 Å². The van der Waals surface area contributed by atoms with Crippen molar-refractivity contribution in [2.45, 2.75) is 0 Å². The van der Waals surface area contributed by atoms with Crippen molar-refractivity contribution in [3.05, 3.63) is 28.9 Å². The van der Waals surface area contributed by atoms with Crippen LogP contribution in [0.4, 0.5) is 5.82 Å². The third-order valence-corrected chi connectivity index (χ3v) is 1.56. The first-order valence-electron chi connectivity index (χ1n) is 3.51. The first-order valence-corrected chi connectivity index (χ1v) is 3.89. The first-order chi connectivity index (χ1) is 5.74. The highest BCUT2D eigenvalue weighted by Crippen LogP contribution is 2.15. The molecular formula is C8H10ClN3. The lowest BCUT2D eigenvalue weighted by Crippen LogP contribution is -1.95. The van der Waals surface area contributed by atoms with Gasteiger partial charge >= 0.3 is 0 Å². The zero-order chi connectivity index (χ0) is 8.97. The Morgan fingerprint density at radius 2 is 2.33 bits per heavy atom. The van der Waals surface area contributed by atoms with Gasteiger partial charge in [0.05, 0.1) is 5.02 Å². The van der Waals surface area contributed by atoms with Crippen molar-refractivity contribution in [1.82, 2.24) is 4.98 Å². The van der Waals surface area contributed by atoms with Crippen LogP contribution in [0.3, 0.4) is 0 Å². The van der Waals surface area contributed by atoms with E-state index in [9.17, 15) is 0 Å². The molecule has 1 aromatic rings. The summed E-state index contributed by atoms with van der Waals surface area (Å²) in [7, 11) is 0. The Bertz CT molecular complexity index is 296. The fraction of sp³-hybridized carbons (Fsp3) is 0.125. The SMILES string of the molecule is NCC=Cc1cc(Cl)cnc1N. The Morgan fingerprint density at radius 3 is 3.00 bits per heavy atom. The molecule has 1 heterocycles. The maximum atomic E-state index is 5.71. The fourth-order valence-corrected chi connectivity index (χ4v) is 0.960. The topological polar surface area (TPSA) is 64.9 Å². The zero-order valence-corrected chi connectivity index (χ0v) is 7.25. The molecule has 0 aliphatic heterocycles. The number of anilines is 1. The van der Waals surface area contributed by atoms with E-state index >= 15 is 0 Å². The molecule has 0 atom stereocenters. The lowest BCUT2D eigenvalue weighted by atomic mass is 10.2. The molecule has 1 aromatic heterocycles. The van der Waals surface area contributed by atoms with Crippen LogP contribution in [-0.2, 0) is 0 Å². The van der Waals surface area contributed by atoms with Gasteiger partial charge in [-0.15, -0.1) is 0 Å². The van der Waals surface area contributed by atoms with Crippen molar-refractivity contribution in [2.75, 3.05) is 12.3 Å². The van der Waals surface area contributed by atoms with Gasteiger partial charge in [0, 0.05) is 18.3 Å². The predicted molar refractivity (Wildman–Crippen MR) is 51.7 cm³/mol. The quantitative estimate of drug-likeness (QED) is 0.726. The molecule has 4 heteroatoms. The van der Waals surface area contributed by atoms with Gasteiger partial charge in [0.1, 0.15) is 5.82 Å². The van der Waals surface area contributed by atoms with Crippen molar-refractivity contribution in [1.29, 1.82) is 0 Å². The molecule has 0 bridgehead atoms. The summed E-state index contributed by atoms with van der Waals surface area (Å²) in [4.78, 5) is 3.89. The van der Waals surface area contributed by atoms with E-state index in [1.807, 2.05) is 0 Å². The van der Waals surface area contributed by atoms with Gasteiger partial charge < -0.3 is 11.5 Å². The van der Waals surface area contributed by atoms with E-state index in [4.69, 9.17) is 23.1 Å². The van der Waals surface area contributed by atoms with E-state index in [-0.39, 0.29) is 0 Å². The molecular weight excluding hydrogens is 174 g/mol. The molecule has 0 saturated carbocycles. The maximum Gasteiger partial charge on any atom is 0.130 e. The number of aromatic nitrogens is 1. The van der Waals surface area contributed by atoms with Crippen LogP contribution < -0.4 is 11.5 Å². The molecule has 4 N–H and O–H groups in total. The van der Waals surface area contributed by atoms with Crippen molar-refractivity contribution < 1.29 is 0 Å². The fourth-order valence-electron chi connectivity index (χ4n) is 0.794.